The molecule has 0 heterocycles. The van der Waals surface area contributed by atoms with Crippen molar-refractivity contribution in [3.63, 3.8) is 0 Å². The minimum atomic E-state index is 0.248. The zero-order valence-electron chi connectivity index (χ0n) is 31.0. The normalized spacial score (nSPS) is 17.6. The summed E-state index contributed by atoms with van der Waals surface area (Å²) in [4.78, 5) is 9.86. The average molecular weight is 692 g/mol. The summed E-state index contributed by atoms with van der Waals surface area (Å²) in [6.07, 6.45) is 16.4. The van der Waals surface area contributed by atoms with Gasteiger partial charge in [-0.1, -0.05) is 140 Å². The van der Waals surface area contributed by atoms with Gasteiger partial charge in [0.15, 0.2) is 0 Å². The average Bonchev–Trinajstić information content (AvgIpc) is 3.21. The summed E-state index contributed by atoms with van der Waals surface area (Å²) in [7, 11) is 0. The van der Waals surface area contributed by atoms with Gasteiger partial charge in [0.1, 0.15) is 0 Å². The molecule has 0 radical (unpaired) electrons. The predicted octanol–water partition coefficient (Wildman–Crippen LogP) is 12.5. The molecule has 6 aromatic rings. The van der Waals surface area contributed by atoms with Crippen molar-refractivity contribution in [3.8, 4) is 11.1 Å². The summed E-state index contributed by atoms with van der Waals surface area (Å²) in [6, 6.07) is 43.5. The molecule has 1 aliphatic rings. The standard InChI is InChI=1S/C50H49N3/c1-4-14-38(49(33-51)44-21-9-5-15-35(44)2)27-28-43(52-3)32-50(53-34-36-25-26-37-16-6-7-17-39(37)29-36)42-20-13-19-40(30-42)48-31-41-18-8-10-22-45(41)46-23-11-12-24-47(46)48/h4,6-14,16-27,29-32,35,44,49H,3,5,15,28,33-34,51H2,1-2H3/b14-4-,38-27+,43-32-,53-50+/t35?,44-,49?/m1/s1. The van der Waals surface area contributed by atoms with Crippen LogP contribution in [0, 0.1) is 17.8 Å². The molecule has 2 unspecified atom stereocenters. The predicted molar refractivity (Wildman–Crippen MR) is 230 cm³/mol. The van der Waals surface area contributed by atoms with Gasteiger partial charge in [-0.05, 0) is 124 Å². The van der Waals surface area contributed by atoms with Crippen LogP contribution in [0.3, 0.4) is 0 Å². The maximum atomic E-state index is 6.47. The summed E-state index contributed by atoms with van der Waals surface area (Å²) in [5.74, 6) is 1.27. The van der Waals surface area contributed by atoms with E-state index in [-0.39, 0.29) is 5.92 Å². The molecule has 6 aromatic carbocycles. The van der Waals surface area contributed by atoms with Gasteiger partial charge < -0.3 is 5.73 Å². The first kappa shape index (κ1) is 35.7. The second-order valence-electron chi connectivity index (χ2n) is 14.3. The Labute approximate surface area is 314 Å². The number of benzene rings is 6. The molecule has 0 saturated carbocycles. The minimum Gasteiger partial charge on any atom is -0.330 e. The Bertz CT molecular complexity index is 2410. The van der Waals surface area contributed by atoms with Crippen LogP contribution >= 0.6 is 0 Å². The highest BCUT2D eigenvalue weighted by atomic mass is 14.8. The molecular formula is C50H49N3. The quantitative estimate of drug-likeness (QED) is 0.0590. The van der Waals surface area contributed by atoms with E-state index in [1.54, 1.807) is 0 Å². The van der Waals surface area contributed by atoms with Crippen molar-refractivity contribution < 1.29 is 0 Å². The van der Waals surface area contributed by atoms with E-state index in [2.05, 4.69) is 183 Å². The van der Waals surface area contributed by atoms with Crippen LogP contribution < -0.4 is 5.73 Å². The van der Waals surface area contributed by atoms with Crippen molar-refractivity contribution >= 4 is 44.7 Å². The number of aliphatic imine (C=N–C) groups is 2. The van der Waals surface area contributed by atoms with E-state index < -0.39 is 0 Å². The highest BCUT2D eigenvalue weighted by Gasteiger charge is 2.27. The number of fused-ring (bicyclic) bond motifs is 4. The van der Waals surface area contributed by atoms with Gasteiger partial charge in [-0.15, -0.1) is 0 Å². The van der Waals surface area contributed by atoms with E-state index in [1.165, 1.54) is 49.9 Å². The lowest BCUT2D eigenvalue weighted by molar-refractivity contribution is 0.310. The van der Waals surface area contributed by atoms with Crippen molar-refractivity contribution in [2.24, 2.45) is 33.5 Å². The first-order valence-corrected chi connectivity index (χ1v) is 19.0. The number of hydrogen-bond acceptors (Lipinski definition) is 3. The molecule has 53 heavy (non-hydrogen) atoms. The van der Waals surface area contributed by atoms with Crippen LogP contribution in [0.15, 0.2) is 179 Å². The van der Waals surface area contributed by atoms with Gasteiger partial charge in [0.25, 0.3) is 0 Å². The number of nitrogens with two attached hydrogens (primary N) is 1. The Morgan fingerprint density at radius 3 is 2.36 bits per heavy atom. The lowest BCUT2D eigenvalue weighted by Crippen LogP contribution is -2.29. The number of nitrogens with zero attached hydrogens (tertiary/aromatic N) is 2. The molecule has 0 aromatic heterocycles. The molecule has 0 bridgehead atoms. The Morgan fingerprint density at radius 1 is 0.830 bits per heavy atom. The lowest BCUT2D eigenvalue weighted by Gasteiger charge is -2.32. The van der Waals surface area contributed by atoms with Gasteiger partial charge in [0.2, 0.25) is 0 Å². The summed E-state index contributed by atoms with van der Waals surface area (Å²) in [6.45, 7) is 9.60. The van der Waals surface area contributed by atoms with Crippen molar-refractivity contribution in [3.05, 3.63) is 180 Å². The number of hydrogen-bond donors (Lipinski definition) is 1. The van der Waals surface area contributed by atoms with Gasteiger partial charge in [-0.2, -0.15) is 0 Å². The SMILES string of the molecule is C=N/C(=C\C(=N/Cc1ccc2ccccc2c1)c1cccc(-c2cc3ccccc3c3ccccc23)c1)C/C=C(\C=C/C)C(CN)[C@@H]1C=CCCC1C. The molecule has 7 rings (SSSR count). The molecule has 264 valence electrons. The third kappa shape index (κ3) is 8.06. The zero-order chi connectivity index (χ0) is 36.6. The van der Waals surface area contributed by atoms with Crippen LogP contribution in [0.25, 0.3) is 43.4 Å². The molecule has 0 amide bonds. The van der Waals surface area contributed by atoms with Gasteiger partial charge in [-0.25, -0.2) is 0 Å². The molecule has 0 aliphatic heterocycles. The third-order valence-electron chi connectivity index (χ3n) is 10.8. The van der Waals surface area contributed by atoms with E-state index in [9.17, 15) is 0 Å². The van der Waals surface area contributed by atoms with Gasteiger partial charge in [0, 0.05) is 23.6 Å². The zero-order valence-corrected chi connectivity index (χ0v) is 31.0. The maximum absolute atomic E-state index is 6.47. The Hall–Kier alpha value is -5.64. The van der Waals surface area contributed by atoms with Crippen molar-refractivity contribution in [1.29, 1.82) is 0 Å². The highest BCUT2D eigenvalue weighted by molar-refractivity contribution is 6.15. The Morgan fingerprint density at radius 2 is 1.58 bits per heavy atom. The van der Waals surface area contributed by atoms with Crippen LogP contribution in [0.1, 0.15) is 44.2 Å². The Balaban J connectivity index is 1.30. The van der Waals surface area contributed by atoms with Crippen LogP contribution in [0.4, 0.5) is 0 Å². The molecular weight excluding hydrogens is 643 g/mol. The molecule has 0 fully saturated rings. The van der Waals surface area contributed by atoms with Crippen LogP contribution in [-0.4, -0.2) is 19.0 Å². The van der Waals surface area contributed by atoms with E-state index >= 15 is 0 Å². The fraction of sp³-hybridized carbons (Fsp3) is 0.200. The highest BCUT2D eigenvalue weighted by Crippen LogP contribution is 2.36. The molecule has 3 atom stereocenters. The van der Waals surface area contributed by atoms with Crippen molar-refractivity contribution in [1.82, 2.24) is 0 Å². The molecule has 0 saturated heterocycles. The fourth-order valence-corrected chi connectivity index (χ4v) is 8.00. The van der Waals surface area contributed by atoms with Crippen LogP contribution in [0.5, 0.6) is 0 Å². The summed E-state index contributed by atoms with van der Waals surface area (Å²) >= 11 is 0. The largest absolute Gasteiger partial charge is 0.330 e. The topological polar surface area (TPSA) is 50.7 Å². The van der Waals surface area contributed by atoms with E-state index in [1.807, 2.05) is 0 Å². The fourth-order valence-electron chi connectivity index (χ4n) is 8.00. The number of rotatable bonds is 12. The van der Waals surface area contributed by atoms with Gasteiger partial charge >= 0.3 is 0 Å². The van der Waals surface area contributed by atoms with Crippen LogP contribution in [-0.2, 0) is 6.54 Å². The maximum Gasteiger partial charge on any atom is 0.0669 e. The summed E-state index contributed by atoms with van der Waals surface area (Å²) in [5, 5.41) is 7.43. The Kier molecular flexibility index (Phi) is 11.3. The van der Waals surface area contributed by atoms with E-state index in [0.29, 0.717) is 31.3 Å². The van der Waals surface area contributed by atoms with Crippen molar-refractivity contribution in [2.45, 2.75) is 39.7 Å². The summed E-state index contributed by atoms with van der Waals surface area (Å²) in [5.41, 5.74) is 14.0. The van der Waals surface area contributed by atoms with E-state index in [0.717, 1.165) is 34.5 Å². The van der Waals surface area contributed by atoms with Gasteiger partial charge in [-0.3, -0.25) is 9.98 Å². The monoisotopic (exact) mass is 691 g/mol. The molecule has 3 heteroatoms. The lowest BCUT2D eigenvalue weighted by atomic mass is 9.74. The van der Waals surface area contributed by atoms with Gasteiger partial charge in [0.05, 0.1) is 12.3 Å². The first-order chi connectivity index (χ1) is 26.1. The second-order valence-corrected chi connectivity index (χ2v) is 14.3. The molecule has 0 spiro atoms. The number of allylic oxidation sites excluding steroid dienone is 6. The first-order valence-electron chi connectivity index (χ1n) is 19.0. The second kappa shape index (κ2) is 16.8. The summed E-state index contributed by atoms with van der Waals surface area (Å²) < 4.78 is 0. The molecule has 3 nitrogen and oxygen atoms in total. The smallest absolute Gasteiger partial charge is 0.0669 e. The molecule has 2 N–H and O–H groups in total. The minimum absolute atomic E-state index is 0.248. The molecule has 1 aliphatic carbocycles. The van der Waals surface area contributed by atoms with Crippen molar-refractivity contribution in [2.75, 3.05) is 6.54 Å². The third-order valence-corrected chi connectivity index (χ3v) is 10.8. The van der Waals surface area contributed by atoms with Crippen LogP contribution in [0.2, 0.25) is 0 Å². The van der Waals surface area contributed by atoms with E-state index in [4.69, 9.17) is 10.7 Å².